The highest BCUT2D eigenvalue weighted by Crippen LogP contribution is 2.19. The van der Waals surface area contributed by atoms with Gasteiger partial charge in [0.25, 0.3) is 5.91 Å². The summed E-state index contributed by atoms with van der Waals surface area (Å²) < 4.78 is 5.22. The van der Waals surface area contributed by atoms with Crippen LogP contribution in [0.2, 0.25) is 0 Å². The molecule has 1 atom stereocenters. The molecule has 0 aliphatic carbocycles. The third-order valence-corrected chi connectivity index (χ3v) is 3.33. The third-order valence-electron chi connectivity index (χ3n) is 3.33. The van der Waals surface area contributed by atoms with Gasteiger partial charge < -0.3 is 14.7 Å². The standard InChI is InChI=1S/C14H18N2O4/c1-2-20-12-6-5-10(8-15-12)13(17)16-7-3-4-11(9-16)14(18)19/h5-6,8,11H,2-4,7,9H2,1H3,(H,18,19)/t11-/m0/s1. The molecule has 1 aliphatic rings. The number of carboxylic acids is 1. The number of hydrogen-bond acceptors (Lipinski definition) is 4. The van der Waals surface area contributed by atoms with E-state index in [0.717, 1.165) is 0 Å². The van der Waals surface area contributed by atoms with Gasteiger partial charge in [0.15, 0.2) is 0 Å². The van der Waals surface area contributed by atoms with Crippen LogP contribution in [0.15, 0.2) is 18.3 Å². The fourth-order valence-electron chi connectivity index (χ4n) is 2.29. The summed E-state index contributed by atoms with van der Waals surface area (Å²) in [6, 6.07) is 3.31. The highest BCUT2D eigenvalue weighted by Gasteiger charge is 2.28. The second-order valence-electron chi connectivity index (χ2n) is 4.75. The van der Waals surface area contributed by atoms with Crippen molar-refractivity contribution in [3.05, 3.63) is 23.9 Å². The van der Waals surface area contributed by atoms with E-state index in [-0.39, 0.29) is 12.5 Å². The molecule has 1 aliphatic heterocycles. The third kappa shape index (κ3) is 3.26. The number of aromatic nitrogens is 1. The number of rotatable bonds is 4. The molecule has 20 heavy (non-hydrogen) atoms. The molecule has 1 N–H and O–H groups in total. The molecule has 6 heteroatoms. The summed E-state index contributed by atoms with van der Waals surface area (Å²) in [6.07, 6.45) is 2.81. The summed E-state index contributed by atoms with van der Waals surface area (Å²) in [5, 5.41) is 9.04. The number of carboxylic acid groups (broad SMARTS) is 1. The molecule has 108 valence electrons. The fraction of sp³-hybridized carbons (Fsp3) is 0.500. The van der Waals surface area contributed by atoms with Crippen LogP contribution >= 0.6 is 0 Å². The zero-order valence-electron chi connectivity index (χ0n) is 11.4. The van der Waals surface area contributed by atoms with Gasteiger partial charge in [-0.25, -0.2) is 4.98 Å². The number of piperidine rings is 1. The number of carbonyl (C=O) groups excluding carboxylic acids is 1. The number of amides is 1. The highest BCUT2D eigenvalue weighted by atomic mass is 16.5. The Balaban J connectivity index is 2.04. The summed E-state index contributed by atoms with van der Waals surface area (Å²) in [4.78, 5) is 28.9. The van der Waals surface area contributed by atoms with E-state index in [4.69, 9.17) is 9.84 Å². The van der Waals surface area contributed by atoms with Gasteiger partial charge in [0.05, 0.1) is 18.1 Å². The van der Waals surface area contributed by atoms with Crippen molar-refractivity contribution in [2.75, 3.05) is 19.7 Å². The smallest absolute Gasteiger partial charge is 0.308 e. The molecule has 0 bridgehead atoms. The van der Waals surface area contributed by atoms with E-state index < -0.39 is 11.9 Å². The van der Waals surface area contributed by atoms with Crippen LogP contribution in [-0.4, -0.2) is 46.6 Å². The summed E-state index contributed by atoms with van der Waals surface area (Å²) in [5.41, 5.74) is 0.458. The Kier molecular flexibility index (Phi) is 4.55. The molecule has 2 rings (SSSR count). The Morgan fingerprint density at radius 2 is 2.30 bits per heavy atom. The lowest BCUT2D eigenvalue weighted by molar-refractivity contribution is -0.143. The van der Waals surface area contributed by atoms with Gasteiger partial charge in [-0.1, -0.05) is 0 Å². The van der Waals surface area contributed by atoms with Crippen molar-refractivity contribution in [1.29, 1.82) is 0 Å². The van der Waals surface area contributed by atoms with E-state index in [2.05, 4.69) is 4.98 Å². The molecule has 0 spiro atoms. The van der Waals surface area contributed by atoms with E-state index in [1.165, 1.54) is 6.20 Å². The number of nitrogens with zero attached hydrogens (tertiary/aromatic N) is 2. The molecular formula is C14H18N2O4. The average molecular weight is 278 g/mol. The number of pyridine rings is 1. The van der Waals surface area contributed by atoms with Crippen LogP contribution < -0.4 is 4.74 Å². The van der Waals surface area contributed by atoms with Crippen molar-refractivity contribution in [2.45, 2.75) is 19.8 Å². The van der Waals surface area contributed by atoms with Gasteiger partial charge in [0, 0.05) is 25.4 Å². The van der Waals surface area contributed by atoms with E-state index in [1.807, 2.05) is 6.92 Å². The lowest BCUT2D eigenvalue weighted by atomic mass is 9.98. The Hall–Kier alpha value is -2.11. The molecule has 0 unspecified atom stereocenters. The summed E-state index contributed by atoms with van der Waals surface area (Å²) in [7, 11) is 0. The van der Waals surface area contributed by atoms with E-state index in [9.17, 15) is 9.59 Å². The van der Waals surface area contributed by atoms with Gasteiger partial charge in [-0.15, -0.1) is 0 Å². The van der Waals surface area contributed by atoms with Crippen molar-refractivity contribution >= 4 is 11.9 Å². The molecule has 1 amide bonds. The Morgan fingerprint density at radius 3 is 2.90 bits per heavy atom. The molecule has 6 nitrogen and oxygen atoms in total. The van der Waals surface area contributed by atoms with E-state index in [1.54, 1.807) is 17.0 Å². The minimum atomic E-state index is -0.840. The van der Waals surface area contributed by atoms with Crippen molar-refractivity contribution in [3.63, 3.8) is 0 Å². The van der Waals surface area contributed by atoms with Crippen LogP contribution in [-0.2, 0) is 4.79 Å². The first-order valence-corrected chi connectivity index (χ1v) is 6.72. The van der Waals surface area contributed by atoms with Crippen LogP contribution in [0.1, 0.15) is 30.1 Å². The maximum Gasteiger partial charge on any atom is 0.308 e. The lowest BCUT2D eigenvalue weighted by Crippen LogP contribution is -2.42. The molecule has 1 aromatic rings. The van der Waals surface area contributed by atoms with Gasteiger partial charge >= 0.3 is 5.97 Å². The molecule has 2 heterocycles. The molecule has 1 aromatic heterocycles. The zero-order chi connectivity index (χ0) is 14.5. The number of ether oxygens (including phenoxy) is 1. The Morgan fingerprint density at radius 1 is 1.50 bits per heavy atom. The topological polar surface area (TPSA) is 79.7 Å². The van der Waals surface area contributed by atoms with Crippen LogP contribution in [0.5, 0.6) is 5.88 Å². The normalized spacial score (nSPS) is 18.6. The molecule has 1 fully saturated rings. The molecule has 0 saturated carbocycles. The number of likely N-dealkylation sites (tertiary alicyclic amines) is 1. The van der Waals surface area contributed by atoms with E-state index >= 15 is 0 Å². The number of carbonyl (C=O) groups is 2. The highest BCUT2D eigenvalue weighted by molar-refractivity contribution is 5.94. The largest absolute Gasteiger partial charge is 0.481 e. The second-order valence-corrected chi connectivity index (χ2v) is 4.75. The monoisotopic (exact) mass is 278 g/mol. The first-order valence-electron chi connectivity index (χ1n) is 6.72. The molecule has 1 saturated heterocycles. The Bertz CT molecular complexity index is 486. The minimum Gasteiger partial charge on any atom is -0.481 e. The van der Waals surface area contributed by atoms with Gasteiger partial charge in [0.1, 0.15) is 0 Å². The van der Waals surface area contributed by atoms with Crippen molar-refractivity contribution in [1.82, 2.24) is 9.88 Å². The van der Waals surface area contributed by atoms with Crippen molar-refractivity contribution in [3.8, 4) is 5.88 Å². The van der Waals surface area contributed by atoms with Crippen LogP contribution in [0, 0.1) is 5.92 Å². The first-order chi connectivity index (χ1) is 9.61. The number of hydrogen-bond donors (Lipinski definition) is 1. The second kappa shape index (κ2) is 6.36. The Labute approximate surface area is 117 Å². The number of aliphatic carboxylic acids is 1. The van der Waals surface area contributed by atoms with Gasteiger partial charge in [-0.2, -0.15) is 0 Å². The zero-order valence-corrected chi connectivity index (χ0v) is 11.4. The molecular weight excluding hydrogens is 260 g/mol. The van der Waals surface area contributed by atoms with Crippen LogP contribution in [0.25, 0.3) is 0 Å². The quantitative estimate of drug-likeness (QED) is 0.901. The average Bonchev–Trinajstić information content (AvgIpc) is 2.48. The van der Waals surface area contributed by atoms with Crippen molar-refractivity contribution < 1.29 is 19.4 Å². The first kappa shape index (κ1) is 14.3. The fourth-order valence-corrected chi connectivity index (χ4v) is 2.29. The van der Waals surface area contributed by atoms with Gasteiger partial charge in [0.2, 0.25) is 5.88 Å². The maximum atomic E-state index is 12.3. The predicted octanol–water partition coefficient (Wildman–Crippen LogP) is 1.42. The van der Waals surface area contributed by atoms with Gasteiger partial charge in [-0.3, -0.25) is 9.59 Å². The van der Waals surface area contributed by atoms with Crippen LogP contribution in [0.3, 0.4) is 0 Å². The van der Waals surface area contributed by atoms with Crippen LogP contribution in [0.4, 0.5) is 0 Å². The van der Waals surface area contributed by atoms with E-state index in [0.29, 0.717) is 37.4 Å². The molecule has 0 aromatic carbocycles. The summed E-state index contributed by atoms with van der Waals surface area (Å²) in [6.45, 7) is 3.24. The van der Waals surface area contributed by atoms with Crippen molar-refractivity contribution in [2.24, 2.45) is 5.92 Å². The SMILES string of the molecule is CCOc1ccc(C(=O)N2CCC[C@H](C(=O)O)C2)cn1. The lowest BCUT2D eigenvalue weighted by Gasteiger charge is -2.30. The van der Waals surface area contributed by atoms with Gasteiger partial charge in [-0.05, 0) is 25.8 Å². The maximum absolute atomic E-state index is 12.3. The minimum absolute atomic E-state index is 0.175. The predicted molar refractivity (Wildman–Crippen MR) is 71.7 cm³/mol. The summed E-state index contributed by atoms with van der Waals surface area (Å²) >= 11 is 0. The summed E-state index contributed by atoms with van der Waals surface area (Å²) in [5.74, 6) is -1.01. The molecule has 0 radical (unpaired) electrons.